The minimum Gasteiger partial charge on any atom is -0.463 e. The van der Waals surface area contributed by atoms with Crippen LogP contribution in [0, 0.1) is 12.8 Å². The van der Waals surface area contributed by atoms with Crippen LogP contribution in [0.5, 0.6) is 6.01 Å². The van der Waals surface area contributed by atoms with Crippen LogP contribution < -0.4 is 10.1 Å². The number of nitrogens with zero attached hydrogens (tertiary/aromatic N) is 2. The second kappa shape index (κ2) is 4.37. The molecule has 4 nitrogen and oxygen atoms in total. The fraction of sp³-hybridized carbons (Fsp3) is 0.600. The minimum atomic E-state index is 0.497. The zero-order chi connectivity index (χ0) is 9.80. The molecule has 0 spiro atoms. The van der Waals surface area contributed by atoms with E-state index in [0.29, 0.717) is 11.9 Å². The molecule has 76 valence electrons. The van der Waals surface area contributed by atoms with Crippen molar-refractivity contribution in [1.29, 1.82) is 0 Å². The summed E-state index contributed by atoms with van der Waals surface area (Å²) in [5.41, 5.74) is 0.944. The fourth-order valence-corrected chi connectivity index (χ4v) is 1.54. The summed E-state index contributed by atoms with van der Waals surface area (Å²) in [6.45, 7) is 4.80. The highest BCUT2D eigenvalue weighted by Crippen LogP contribution is 2.09. The van der Waals surface area contributed by atoms with E-state index in [2.05, 4.69) is 15.3 Å². The molecule has 0 radical (unpaired) electrons. The SMILES string of the molecule is Cc1ccnc(OCC2CCNC2)n1. The van der Waals surface area contributed by atoms with E-state index in [9.17, 15) is 0 Å². The smallest absolute Gasteiger partial charge is 0.316 e. The molecule has 0 bridgehead atoms. The van der Waals surface area contributed by atoms with E-state index in [4.69, 9.17) is 4.74 Å². The van der Waals surface area contributed by atoms with Crippen LogP contribution in [0.15, 0.2) is 12.3 Å². The number of hydrogen-bond donors (Lipinski definition) is 1. The molecule has 0 amide bonds. The topological polar surface area (TPSA) is 47.0 Å². The predicted octanol–water partition coefficient (Wildman–Crippen LogP) is 0.773. The number of ether oxygens (including phenoxy) is 1. The van der Waals surface area contributed by atoms with Gasteiger partial charge < -0.3 is 10.1 Å². The lowest BCUT2D eigenvalue weighted by atomic mass is 10.1. The molecule has 1 aromatic heterocycles. The maximum Gasteiger partial charge on any atom is 0.316 e. The van der Waals surface area contributed by atoms with Gasteiger partial charge in [-0.2, -0.15) is 0 Å². The Balaban J connectivity index is 1.85. The summed E-state index contributed by atoms with van der Waals surface area (Å²) in [4.78, 5) is 8.23. The maximum atomic E-state index is 5.51. The Labute approximate surface area is 83.7 Å². The third kappa shape index (κ3) is 2.42. The van der Waals surface area contributed by atoms with E-state index in [1.807, 2.05) is 13.0 Å². The summed E-state index contributed by atoms with van der Waals surface area (Å²) in [7, 11) is 0. The van der Waals surface area contributed by atoms with Crippen LogP contribution >= 0.6 is 0 Å². The molecular weight excluding hydrogens is 178 g/mol. The van der Waals surface area contributed by atoms with Gasteiger partial charge in [0.25, 0.3) is 0 Å². The van der Waals surface area contributed by atoms with Crippen LogP contribution in [-0.4, -0.2) is 29.7 Å². The van der Waals surface area contributed by atoms with Crippen LogP contribution in [-0.2, 0) is 0 Å². The van der Waals surface area contributed by atoms with Crippen molar-refractivity contribution in [2.24, 2.45) is 5.92 Å². The Bertz CT molecular complexity index is 297. The van der Waals surface area contributed by atoms with Crippen molar-refractivity contribution in [2.75, 3.05) is 19.7 Å². The first-order valence-electron chi connectivity index (χ1n) is 4.98. The molecule has 1 atom stereocenters. The van der Waals surface area contributed by atoms with Crippen molar-refractivity contribution in [3.63, 3.8) is 0 Å². The number of rotatable bonds is 3. The number of aryl methyl sites for hydroxylation is 1. The third-order valence-electron chi connectivity index (χ3n) is 2.38. The first kappa shape index (κ1) is 9.40. The van der Waals surface area contributed by atoms with Gasteiger partial charge in [0, 0.05) is 24.4 Å². The molecule has 0 saturated carbocycles. The van der Waals surface area contributed by atoms with E-state index >= 15 is 0 Å². The van der Waals surface area contributed by atoms with E-state index in [1.54, 1.807) is 6.20 Å². The van der Waals surface area contributed by atoms with Crippen molar-refractivity contribution in [3.8, 4) is 6.01 Å². The lowest BCUT2D eigenvalue weighted by Crippen LogP contribution is -2.16. The highest BCUT2D eigenvalue weighted by atomic mass is 16.5. The largest absolute Gasteiger partial charge is 0.463 e. The zero-order valence-corrected chi connectivity index (χ0v) is 8.36. The summed E-state index contributed by atoms with van der Waals surface area (Å²) in [6.07, 6.45) is 2.91. The van der Waals surface area contributed by atoms with Gasteiger partial charge in [-0.1, -0.05) is 0 Å². The molecule has 1 N–H and O–H groups in total. The average Bonchev–Trinajstić information content (AvgIpc) is 2.67. The molecule has 1 unspecified atom stereocenters. The molecule has 1 aromatic rings. The van der Waals surface area contributed by atoms with Crippen molar-refractivity contribution in [1.82, 2.24) is 15.3 Å². The van der Waals surface area contributed by atoms with Gasteiger partial charge in [0.15, 0.2) is 0 Å². The lowest BCUT2D eigenvalue weighted by Gasteiger charge is -2.08. The van der Waals surface area contributed by atoms with E-state index in [-0.39, 0.29) is 0 Å². The Hall–Kier alpha value is -1.16. The predicted molar refractivity (Wildman–Crippen MR) is 53.2 cm³/mol. The minimum absolute atomic E-state index is 0.497. The monoisotopic (exact) mass is 193 g/mol. The first-order valence-corrected chi connectivity index (χ1v) is 4.98. The molecule has 1 fully saturated rings. The van der Waals surface area contributed by atoms with Gasteiger partial charge in [-0.25, -0.2) is 9.97 Å². The number of nitrogens with one attached hydrogen (secondary N) is 1. The highest BCUT2D eigenvalue weighted by molar-refractivity contribution is 5.03. The van der Waals surface area contributed by atoms with Crippen molar-refractivity contribution >= 4 is 0 Å². The molecule has 4 heteroatoms. The first-order chi connectivity index (χ1) is 6.84. The second-order valence-corrected chi connectivity index (χ2v) is 3.65. The molecular formula is C10H15N3O. The molecule has 0 aliphatic carbocycles. The van der Waals surface area contributed by atoms with Crippen LogP contribution in [0.3, 0.4) is 0 Å². The molecule has 1 aliphatic heterocycles. The van der Waals surface area contributed by atoms with E-state index in [1.165, 1.54) is 6.42 Å². The van der Waals surface area contributed by atoms with Gasteiger partial charge in [0.2, 0.25) is 0 Å². The molecule has 2 heterocycles. The van der Waals surface area contributed by atoms with Gasteiger partial charge >= 0.3 is 6.01 Å². The highest BCUT2D eigenvalue weighted by Gasteiger charge is 2.15. The number of aromatic nitrogens is 2. The summed E-state index contributed by atoms with van der Waals surface area (Å²) >= 11 is 0. The summed E-state index contributed by atoms with van der Waals surface area (Å²) in [5.74, 6) is 0.610. The van der Waals surface area contributed by atoms with Crippen molar-refractivity contribution in [3.05, 3.63) is 18.0 Å². The summed E-state index contributed by atoms with van der Waals surface area (Å²) in [5, 5.41) is 3.30. The quantitative estimate of drug-likeness (QED) is 0.770. The summed E-state index contributed by atoms with van der Waals surface area (Å²) < 4.78 is 5.51. The van der Waals surface area contributed by atoms with Gasteiger partial charge in [-0.3, -0.25) is 0 Å². The van der Waals surface area contributed by atoms with Crippen LogP contribution in [0.1, 0.15) is 12.1 Å². The lowest BCUT2D eigenvalue weighted by molar-refractivity contribution is 0.241. The summed E-state index contributed by atoms with van der Waals surface area (Å²) in [6, 6.07) is 2.36. The van der Waals surface area contributed by atoms with Crippen LogP contribution in [0.2, 0.25) is 0 Å². The fourth-order valence-electron chi connectivity index (χ4n) is 1.54. The van der Waals surface area contributed by atoms with Crippen molar-refractivity contribution in [2.45, 2.75) is 13.3 Å². The second-order valence-electron chi connectivity index (χ2n) is 3.65. The van der Waals surface area contributed by atoms with E-state index in [0.717, 1.165) is 25.4 Å². The molecule has 2 rings (SSSR count). The maximum absolute atomic E-state index is 5.51. The Morgan fingerprint density at radius 2 is 2.57 bits per heavy atom. The molecule has 0 aromatic carbocycles. The third-order valence-corrected chi connectivity index (χ3v) is 2.38. The van der Waals surface area contributed by atoms with E-state index < -0.39 is 0 Å². The molecule has 14 heavy (non-hydrogen) atoms. The molecule has 1 saturated heterocycles. The van der Waals surface area contributed by atoms with Gasteiger partial charge in [-0.05, 0) is 26.0 Å². The standard InChI is InChI=1S/C10H15N3O/c1-8-2-5-12-10(13-8)14-7-9-3-4-11-6-9/h2,5,9,11H,3-4,6-7H2,1H3. The molecule has 1 aliphatic rings. The average molecular weight is 193 g/mol. The van der Waals surface area contributed by atoms with Gasteiger partial charge in [0.1, 0.15) is 0 Å². The Morgan fingerprint density at radius 1 is 1.64 bits per heavy atom. The normalized spacial score (nSPS) is 21.1. The van der Waals surface area contributed by atoms with Gasteiger partial charge in [-0.15, -0.1) is 0 Å². The van der Waals surface area contributed by atoms with Crippen LogP contribution in [0.25, 0.3) is 0 Å². The Morgan fingerprint density at radius 3 is 3.29 bits per heavy atom. The number of hydrogen-bond acceptors (Lipinski definition) is 4. The zero-order valence-electron chi connectivity index (χ0n) is 8.36. The van der Waals surface area contributed by atoms with Crippen molar-refractivity contribution < 1.29 is 4.74 Å². The van der Waals surface area contributed by atoms with Gasteiger partial charge in [0.05, 0.1) is 6.61 Å². The van der Waals surface area contributed by atoms with Crippen LogP contribution in [0.4, 0.5) is 0 Å². The Kier molecular flexibility index (Phi) is 2.93.